The van der Waals surface area contributed by atoms with Gasteiger partial charge in [-0.25, -0.2) is 0 Å². The number of hydrogen-bond donors (Lipinski definition) is 1. The van der Waals surface area contributed by atoms with Crippen molar-refractivity contribution in [2.24, 2.45) is 5.92 Å². The fourth-order valence-corrected chi connectivity index (χ4v) is 4.81. The molecule has 1 atom stereocenters. The van der Waals surface area contributed by atoms with Crippen molar-refractivity contribution in [3.63, 3.8) is 0 Å². The maximum atomic E-state index is 12.5. The Kier molecular flexibility index (Phi) is 5.85. The first kappa shape index (κ1) is 17.8. The SMILES string of the molecule is COCC1CCCN(S(=O)(=O)NCc2noc(C3CCCC3)n2)C1. The minimum Gasteiger partial charge on any atom is -0.384 e. The van der Waals surface area contributed by atoms with Gasteiger partial charge in [0.2, 0.25) is 5.89 Å². The van der Waals surface area contributed by atoms with Gasteiger partial charge in [0.05, 0.1) is 13.2 Å². The van der Waals surface area contributed by atoms with Crippen molar-refractivity contribution in [3.05, 3.63) is 11.7 Å². The number of piperidine rings is 1. The molecule has 9 heteroatoms. The quantitative estimate of drug-likeness (QED) is 0.792. The van der Waals surface area contributed by atoms with E-state index in [1.165, 1.54) is 17.1 Å². The number of hydrogen-bond acceptors (Lipinski definition) is 6. The molecule has 0 bridgehead atoms. The lowest BCUT2D eigenvalue weighted by molar-refractivity contribution is 0.118. The monoisotopic (exact) mass is 358 g/mol. The van der Waals surface area contributed by atoms with Crippen LogP contribution in [-0.2, 0) is 21.5 Å². The fraction of sp³-hybridized carbons (Fsp3) is 0.867. The number of aromatic nitrogens is 2. The summed E-state index contributed by atoms with van der Waals surface area (Å²) in [5, 5.41) is 3.90. The molecule has 1 aromatic heterocycles. The smallest absolute Gasteiger partial charge is 0.279 e. The predicted octanol–water partition coefficient (Wildman–Crippen LogP) is 1.42. The second-order valence-corrected chi connectivity index (χ2v) is 8.43. The third-order valence-electron chi connectivity index (χ3n) is 4.82. The topological polar surface area (TPSA) is 97.6 Å². The van der Waals surface area contributed by atoms with Crippen LogP contribution in [-0.4, -0.2) is 49.7 Å². The van der Waals surface area contributed by atoms with Crippen molar-refractivity contribution in [1.82, 2.24) is 19.2 Å². The number of methoxy groups -OCH3 is 1. The molecule has 8 nitrogen and oxygen atoms in total. The van der Waals surface area contributed by atoms with E-state index in [1.54, 1.807) is 7.11 Å². The van der Waals surface area contributed by atoms with Gasteiger partial charge in [-0.05, 0) is 31.6 Å². The summed E-state index contributed by atoms with van der Waals surface area (Å²) in [5.74, 6) is 1.62. The molecule has 0 spiro atoms. The molecule has 0 amide bonds. The second kappa shape index (κ2) is 7.90. The zero-order valence-electron chi connectivity index (χ0n) is 14.1. The Hall–Kier alpha value is -1.03. The van der Waals surface area contributed by atoms with E-state index in [2.05, 4.69) is 14.9 Å². The first-order chi connectivity index (χ1) is 11.6. The Morgan fingerprint density at radius 1 is 1.29 bits per heavy atom. The Bertz CT molecular complexity index is 625. The molecule has 1 N–H and O–H groups in total. The van der Waals surface area contributed by atoms with Gasteiger partial charge in [0.25, 0.3) is 10.2 Å². The largest absolute Gasteiger partial charge is 0.384 e. The van der Waals surface area contributed by atoms with E-state index in [-0.39, 0.29) is 12.5 Å². The summed E-state index contributed by atoms with van der Waals surface area (Å²) in [4.78, 5) is 4.34. The molecule has 1 unspecified atom stereocenters. The van der Waals surface area contributed by atoms with E-state index in [9.17, 15) is 8.42 Å². The molecule has 136 valence electrons. The van der Waals surface area contributed by atoms with Crippen LogP contribution in [0.4, 0.5) is 0 Å². The molecule has 2 fully saturated rings. The van der Waals surface area contributed by atoms with Gasteiger partial charge < -0.3 is 9.26 Å². The highest BCUT2D eigenvalue weighted by atomic mass is 32.2. The van der Waals surface area contributed by atoms with Crippen LogP contribution in [0.2, 0.25) is 0 Å². The normalized spacial score (nSPS) is 23.8. The average Bonchev–Trinajstić information content (AvgIpc) is 3.25. The van der Waals surface area contributed by atoms with E-state index in [0.717, 1.165) is 25.7 Å². The molecule has 0 aromatic carbocycles. The van der Waals surface area contributed by atoms with Crippen molar-refractivity contribution in [2.45, 2.75) is 51.0 Å². The average molecular weight is 358 g/mol. The summed E-state index contributed by atoms with van der Waals surface area (Å²) < 4.78 is 39.4. The van der Waals surface area contributed by atoms with Crippen molar-refractivity contribution >= 4 is 10.2 Å². The van der Waals surface area contributed by atoms with Gasteiger partial charge in [-0.1, -0.05) is 18.0 Å². The molecule has 3 rings (SSSR count). The molecule has 24 heavy (non-hydrogen) atoms. The Balaban J connectivity index is 1.54. The first-order valence-corrected chi connectivity index (χ1v) is 10.1. The lowest BCUT2D eigenvalue weighted by Crippen LogP contribution is -2.46. The summed E-state index contributed by atoms with van der Waals surface area (Å²) in [5.41, 5.74) is 0. The fourth-order valence-electron chi connectivity index (χ4n) is 3.54. The minimum absolute atomic E-state index is 0.0595. The maximum absolute atomic E-state index is 12.5. The molecule has 1 saturated carbocycles. The summed E-state index contributed by atoms with van der Waals surface area (Å²) in [6, 6.07) is 0. The van der Waals surface area contributed by atoms with E-state index < -0.39 is 10.2 Å². The molecule has 1 aliphatic heterocycles. The van der Waals surface area contributed by atoms with Crippen LogP contribution in [0.25, 0.3) is 0 Å². The zero-order valence-corrected chi connectivity index (χ0v) is 14.9. The molecule has 1 aliphatic carbocycles. The molecule has 2 heterocycles. The lowest BCUT2D eigenvalue weighted by atomic mass is 10.0. The van der Waals surface area contributed by atoms with Gasteiger partial charge in [-0.2, -0.15) is 22.4 Å². The third-order valence-corrected chi connectivity index (χ3v) is 6.35. The van der Waals surface area contributed by atoms with Crippen LogP contribution < -0.4 is 4.72 Å². The maximum Gasteiger partial charge on any atom is 0.279 e. The van der Waals surface area contributed by atoms with Crippen LogP contribution in [0.1, 0.15) is 56.2 Å². The van der Waals surface area contributed by atoms with Crippen LogP contribution in [0.3, 0.4) is 0 Å². The molecule has 0 radical (unpaired) electrons. The highest BCUT2D eigenvalue weighted by Gasteiger charge is 2.29. The highest BCUT2D eigenvalue weighted by molar-refractivity contribution is 7.87. The second-order valence-electron chi connectivity index (χ2n) is 6.68. The number of rotatable bonds is 7. The molecular formula is C15H26N4O4S. The number of nitrogens with zero attached hydrogens (tertiary/aromatic N) is 3. The van der Waals surface area contributed by atoms with Gasteiger partial charge in [0.15, 0.2) is 5.82 Å². The number of nitrogens with one attached hydrogen (secondary N) is 1. The first-order valence-electron chi connectivity index (χ1n) is 8.64. The van der Waals surface area contributed by atoms with Gasteiger partial charge in [-0.3, -0.25) is 0 Å². The van der Waals surface area contributed by atoms with E-state index in [0.29, 0.717) is 37.3 Å². The van der Waals surface area contributed by atoms with Crippen LogP contribution in [0.15, 0.2) is 4.52 Å². The standard InChI is InChI=1S/C15H26N4O4S/c1-22-11-12-5-4-8-19(10-12)24(20,21)16-9-14-17-15(23-18-14)13-6-2-3-7-13/h12-13,16H,2-11H2,1H3. The van der Waals surface area contributed by atoms with Gasteiger partial charge in [-0.15, -0.1) is 0 Å². The van der Waals surface area contributed by atoms with Crippen LogP contribution in [0, 0.1) is 5.92 Å². The number of ether oxygens (including phenoxy) is 1. The van der Waals surface area contributed by atoms with Crippen molar-refractivity contribution in [1.29, 1.82) is 0 Å². The zero-order chi connectivity index (χ0) is 17.0. The van der Waals surface area contributed by atoms with E-state index >= 15 is 0 Å². The highest BCUT2D eigenvalue weighted by Crippen LogP contribution is 2.32. The van der Waals surface area contributed by atoms with Crippen molar-refractivity contribution < 1.29 is 17.7 Å². The summed E-state index contributed by atoms with van der Waals surface area (Å²) in [6.07, 6.45) is 6.36. The Morgan fingerprint density at radius 2 is 2.08 bits per heavy atom. The van der Waals surface area contributed by atoms with E-state index in [1.807, 2.05) is 0 Å². The summed E-state index contributed by atoms with van der Waals surface area (Å²) in [7, 11) is -1.89. The minimum atomic E-state index is -3.54. The van der Waals surface area contributed by atoms with Crippen LogP contribution >= 0.6 is 0 Å². The lowest BCUT2D eigenvalue weighted by Gasteiger charge is -2.31. The van der Waals surface area contributed by atoms with Gasteiger partial charge >= 0.3 is 0 Å². The third kappa shape index (κ3) is 4.33. The van der Waals surface area contributed by atoms with Gasteiger partial charge in [0.1, 0.15) is 0 Å². The molecule has 1 aromatic rings. The molecule has 2 aliphatic rings. The Morgan fingerprint density at radius 3 is 2.83 bits per heavy atom. The molecular weight excluding hydrogens is 332 g/mol. The summed E-state index contributed by atoms with van der Waals surface area (Å²) >= 11 is 0. The summed E-state index contributed by atoms with van der Waals surface area (Å²) in [6.45, 7) is 1.67. The predicted molar refractivity (Wildman–Crippen MR) is 87.4 cm³/mol. The van der Waals surface area contributed by atoms with Crippen LogP contribution in [0.5, 0.6) is 0 Å². The van der Waals surface area contributed by atoms with Crippen molar-refractivity contribution in [2.75, 3.05) is 26.8 Å². The van der Waals surface area contributed by atoms with E-state index in [4.69, 9.17) is 9.26 Å². The van der Waals surface area contributed by atoms with Gasteiger partial charge in [0, 0.05) is 26.1 Å². The molecule has 1 saturated heterocycles. The Labute approximate surface area is 143 Å². The van der Waals surface area contributed by atoms with Crippen molar-refractivity contribution in [3.8, 4) is 0 Å².